The molecule has 0 aliphatic heterocycles. The molecule has 1 N–H and O–H groups in total. The number of nitrogens with zero attached hydrogens (tertiary/aromatic N) is 2. The molecule has 0 aliphatic rings. The van der Waals surface area contributed by atoms with Crippen molar-refractivity contribution in [2.75, 3.05) is 5.32 Å². The quantitative estimate of drug-likeness (QED) is 0.250. The van der Waals surface area contributed by atoms with E-state index < -0.39 is 0 Å². The summed E-state index contributed by atoms with van der Waals surface area (Å²) < 4.78 is 2.32. The predicted molar refractivity (Wildman–Crippen MR) is 149 cm³/mol. The third kappa shape index (κ3) is 4.00. The van der Waals surface area contributed by atoms with Gasteiger partial charge in [0.25, 0.3) is 0 Å². The molecular weight excluding hydrogens is 438 g/mol. The lowest BCUT2D eigenvalue weighted by molar-refractivity contribution is 0.844. The van der Waals surface area contributed by atoms with E-state index in [4.69, 9.17) is 16.6 Å². The number of halogens is 1. The maximum absolute atomic E-state index is 6.39. The van der Waals surface area contributed by atoms with Gasteiger partial charge in [0.2, 0.25) is 0 Å². The van der Waals surface area contributed by atoms with Gasteiger partial charge in [-0.3, -0.25) is 4.99 Å². The topological polar surface area (TPSA) is 29.3 Å². The summed E-state index contributed by atoms with van der Waals surface area (Å²) in [6.07, 6.45) is 0. The summed E-state index contributed by atoms with van der Waals surface area (Å²) in [6, 6.07) is 27.1. The van der Waals surface area contributed by atoms with Crippen molar-refractivity contribution in [3.8, 4) is 0 Å². The minimum absolute atomic E-state index is 0.578. The van der Waals surface area contributed by atoms with Crippen LogP contribution in [0.1, 0.15) is 13.8 Å². The van der Waals surface area contributed by atoms with Crippen LogP contribution in [-0.2, 0) is 6.54 Å². The van der Waals surface area contributed by atoms with Crippen LogP contribution in [0.15, 0.2) is 108 Å². The molecule has 1 heterocycles. The van der Waals surface area contributed by atoms with Crippen LogP contribution < -0.4 is 5.32 Å². The van der Waals surface area contributed by atoms with E-state index in [2.05, 4.69) is 77.6 Å². The molecule has 0 radical (unpaired) electrons. The predicted octanol–water partition coefficient (Wildman–Crippen LogP) is 8.90. The van der Waals surface area contributed by atoms with Crippen LogP contribution >= 0.6 is 11.6 Å². The second-order valence-electron chi connectivity index (χ2n) is 8.65. The molecule has 0 saturated carbocycles. The molecular formula is C30H26ClN3. The van der Waals surface area contributed by atoms with Crippen molar-refractivity contribution in [2.24, 2.45) is 4.99 Å². The Kier molecular flexibility index (Phi) is 5.72. The van der Waals surface area contributed by atoms with Crippen molar-refractivity contribution >= 4 is 61.3 Å². The fourth-order valence-electron chi connectivity index (χ4n) is 4.38. The minimum Gasteiger partial charge on any atom is -0.354 e. The van der Waals surface area contributed by atoms with Crippen LogP contribution in [0.3, 0.4) is 0 Å². The number of para-hydroxylation sites is 1. The van der Waals surface area contributed by atoms with Gasteiger partial charge in [-0.25, -0.2) is 0 Å². The van der Waals surface area contributed by atoms with E-state index in [1.807, 2.05) is 38.1 Å². The van der Waals surface area contributed by atoms with E-state index >= 15 is 0 Å². The zero-order valence-electron chi connectivity index (χ0n) is 19.4. The third-order valence-electron chi connectivity index (χ3n) is 6.19. The van der Waals surface area contributed by atoms with Crippen LogP contribution in [-0.4, -0.2) is 10.3 Å². The minimum atomic E-state index is 0.578. The average Bonchev–Trinajstić information content (AvgIpc) is 3.13. The normalized spacial score (nSPS) is 11.9. The number of allylic oxidation sites excluding steroid dienone is 2. The number of anilines is 2. The number of nitrogens with one attached hydrogen (secondary N) is 1. The number of aromatic nitrogens is 1. The number of rotatable bonds is 6. The molecule has 0 amide bonds. The highest BCUT2D eigenvalue weighted by Gasteiger charge is 2.15. The second kappa shape index (κ2) is 8.85. The molecule has 0 saturated heterocycles. The first kappa shape index (κ1) is 22.0. The molecule has 0 unspecified atom stereocenters. The zero-order chi connectivity index (χ0) is 23.8. The average molecular weight is 464 g/mol. The summed E-state index contributed by atoms with van der Waals surface area (Å²) in [5.74, 6) is 0. The zero-order valence-corrected chi connectivity index (χ0v) is 20.2. The standard InChI is InChI=1S/C30H26ClN3/c1-19(2)21(4)32-20(3)18-34-29-17-23(33-28-12-8-7-11-27(28)31)14-16-25(29)26-15-13-22-9-5-6-10-24(22)30(26)34/h5-17,33H,1,3,18H2,2,4H3. The van der Waals surface area contributed by atoms with E-state index in [-0.39, 0.29) is 0 Å². The molecule has 3 nitrogen and oxygen atoms in total. The smallest absolute Gasteiger partial charge is 0.0648 e. The first-order valence-corrected chi connectivity index (χ1v) is 11.6. The number of benzene rings is 4. The highest BCUT2D eigenvalue weighted by atomic mass is 35.5. The van der Waals surface area contributed by atoms with E-state index in [9.17, 15) is 0 Å². The van der Waals surface area contributed by atoms with Crippen molar-refractivity contribution in [3.05, 3.63) is 108 Å². The van der Waals surface area contributed by atoms with Crippen molar-refractivity contribution in [1.29, 1.82) is 0 Å². The molecule has 34 heavy (non-hydrogen) atoms. The largest absolute Gasteiger partial charge is 0.354 e. The molecule has 1 aromatic heterocycles. The van der Waals surface area contributed by atoms with Crippen molar-refractivity contribution < 1.29 is 0 Å². The van der Waals surface area contributed by atoms with Gasteiger partial charge in [0.15, 0.2) is 0 Å². The van der Waals surface area contributed by atoms with Crippen LogP contribution in [0.5, 0.6) is 0 Å². The Bertz CT molecular complexity index is 1620. The summed E-state index contributed by atoms with van der Waals surface area (Å²) >= 11 is 6.39. The Morgan fingerprint density at radius 2 is 1.62 bits per heavy atom. The van der Waals surface area contributed by atoms with Gasteiger partial charge >= 0.3 is 0 Å². The molecule has 0 spiro atoms. The van der Waals surface area contributed by atoms with Crippen LogP contribution in [0, 0.1) is 0 Å². The molecule has 0 bridgehead atoms. The van der Waals surface area contributed by atoms with Gasteiger partial charge < -0.3 is 9.88 Å². The van der Waals surface area contributed by atoms with Crippen LogP contribution in [0.2, 0.25) is 5.02 Å². The Hall–Kier alpha value is -3.82. The SMILES string of the molecule is C=C(Cn1c2cc(Nc3ccccc3Cl)ccc2c2ccc3ccccc3c21)N=C(C)C(=C)C. The van der Waals surface area contributed by atoms with Gasteiger partial charge in [0.05, 0.1) is 34.0 Å². The Morgan fingerprint density at radius 3 is 2.41 bits per heavy atom. The van der Waals surface area contributed by atoms with Gasteiger partial charge in [-0.15, -0.1) is 0 Å². The van der Waals surface area contributed by atoms with Crippen molar-refractivity contribution in [3.63, 3.8) is 0 Å². The monoisotopic (exact) mass is 463 g/mol. The van der Waals surface area contributed by atoms with Crippen molar-refractivity contribution in [2.45, 2.75) is 20.4 Å². The molecule has 0 atom stereocenters. The summed E-state index contributed by atoms with van der Waals surface area (Å²) in [4.78, 5) is 4.72. The number of hydrogen-bond acceptors (Lipinski definition) is 2. The summed E-state index contributed by atoms with van der Waals surface area (Å²) in [6.45, 7) is 12.8. The first-order valence-electron chi connectivity index (χ1n) is 11.3. The van der Waals surface area contributed by atoms with Gasteiger partial charge in [0.1, 0.15) is 0 Å². The number of aliphatic imine (C=N–C) groups is 1. The van der Waals surface area contributed by atoms with E-state index in [0.717, 1.165) is 33.9 Å². The molecule has 4 aromatic carbocycles. The maximum Gasteiger partial charge on any atom is 0.0648 e. The molecule has 4 heteroatoms. The van der Waals surface area contributed by atoms with Gasteiger partial charge in [-0.2, -0.15) is 0 Å². The Labute approximate surface area is 204 Å². The molecule has 168 valence electrons. The van der Waals surface area contributed by atoms with E-state index in [1.54, 1.807) is 0 Å². The van der Waals surface area contributed by atoms with Gasteiger partial charge in [-0.05, 0) is 49.1 Å². The Balaban J connectivity index is 1.72. The highest BCUT2D eigenvalue weighted by Crippen LogP contribution is 2.37. The lowest BCUT2D eigenvalue weighted by Gasteiger charge is -2.12. The van der Waals surface area contributed by atoms with Crippen LogP contribution in [0.4, 0.5) is 11.4 Å². The van der Waals surface area contributed by atoms with Gasteiger partial charge in [-0.1, -0.05) is 79.4 Å². The van der Waals surface area contributed by atoms with Crippen molar-refractivity contribution in [1.82, 2.24) is 4.57 Å². The number of hydrogen-bond donors (Lipinski definition) is 1. The molecule has 5 rings (SSSR count). The third-order valence-corrected chi connectivity index (χ3v) is 6.52. The fraction of sp³-hybridized carbons (Fsp3) is 0.100. The van der Waals surface area contributed by atoms with Crippen LogP contribution in [0.25, 0.3) is 32.6 Å². The summed E-state index contributed by atoms with van der Waals surface area (Å²) in [7, 11) is 0. The lowest BCUT2D eigenvalue weighted by Crippen LogP contribution is -2.02. The highest BCUT2D eigenvalue weighted by molar-refractivity contribution is 6.33. The first-order chi connectivity index (χ1) is 16.4. The fourth-order valence-corrected chi connectivity index (χ4v) is 4.56. The maximum atomic E-state index is 6.39. The number of fused-ring (bicyclic) bond motifs is 5. The lowest BCUT2D eigenvalue weighted by atomic mass is 10.1. The van der Waals surface area contributed by atoms with Gasteiger partial charge in [0, 0.05) is 27.6 Å². The van der Waals surface area contributed by atoms with E-state index in [1.165, 1.54) is 27.1 Å². The Morgan fingerprint density at radius 1 is 0.882 bits per heavy atom. The summed E-state index contributed by atoms with van der Waals surface area (Å²) in [5.41, 5.74) is 6.79. The summed E-state index contributed by atoms with van der Waals surface area (Å²) in [5, 5.41) is 8.98. The van der Waals surface area contributed by atoms with E-state index in [0.29, 0.717) is 11.6 Å². The second-order valence-corrected chi connectivity index (χ2v) is 9.06. The molecule has 0 aliphatic carbocycles. The molecule has 0 fully saturated rings. The molecule has 5 aromatic rings.